The monoisotopic (exact) mass is 306 g/mol. The number of hydrogen-bond donors (Lipinski definition) is 1. The molecule has 0 aromatic carbocycles. The van der Waals surface area contributed by atoms with Crippen LogP contribution >= 0.6 is 11.3 Å². The predicted octanol–water partition coefficient (Wildman–Crippen LogP) is 2.18. The summed E-state index contributed by atoms with van der Waals surface area (Å²) in [6, 6.07) is 4.76. The number of nitrogens with zero attached hydrogens (tertiary/aromatic N) is 1. The number of rotatable bonds is 4. The smallest absolute Gasteiger partial charge is 0.348 e. The van der Waals surface area contributed by atoms with E-state index in [0.717, 1.165) is 4.88 Å². The number of nitrogen functional groups attached to an aromatic ring is 1. The average Bonchev–Trinajstić information content (AvgIpc) is 2.84. The number of esters is 2. The lowest BCUT2D eigenvalue weighted by Gasteiger charge is -2.03. The van der Waals surface area contributed by atoms with Crippen molar-refractivity contribution in [1.29, 1.82) is 0 Å². The summed E-state index contributed by atoms with van der Waals surface area (Å²) in [7, 11) is 1.30. The van der Waals surface area contributed by atoms with Crippen LogP contribution < -0.4 is 5.73 Å². The molecule has 2 rings (SSSR count). The number of carbonyl (C=O) groups is 2. The number of thiophene rings is 1. The quantitative estimate of drug-likeness (QED) is 0.870. The summed E-state index contributed by atoms with van der Waals surface area (Å²) in [5, 5.41) is 0. The molecule has 0 saturated carbocycles. The molecule has 2 heterocycles. The Morgan fingerprint density at radius 1 is 1.33 bits per heavy atom. The average molecular weight is 306 g/mol. The number of methoxy groups -OCH3 is 1. The van der Waals surface area contributed by atoms with Gasteiger partial charge in [-0.3, -0.25) is 4.98 Å². The zero-order chi connectivity index (χ0) is 15.4. The van der Waals surface area contributed by atoms with E-state index in [1.54, 1.807) is 18.2 Å². The van der Waals surface area contributed by atoms with Crippen molar-refractivity contribution in [3.05, 3.63) is 45.4 Å². The van der Waals surface area contributed by atoms with E-state index in [1.807, 2.05) is 6.92 Å². The molecule has 0 fully saturated rings. The zero-order valence-electron chi connectivity index (χ0n) is 11.6. The maximum absolute atomic E-state index is 11.8. The molecule has 6 nitrogen and oxygen atoms in total. The largest absolute Gasteiger partial charge is 0.465 e. The van der Waals surface area contributed by atoms with Gasteiger partial charge in [-0.05, 0) is 25.1 Å². The number of aryl methyl sites for hydroxylation is 1. The molecule has 0 aliphatic rings. The summed E-state index contributed by atoms with van der Waals surface area (Å²) < 4.78 is 9.72. The van der Waals surface area contributed by atoms with Crippen LogP contribution in [0.3, 0.4) is 0 Å². The Labute approximate surface area is 125 Å². The molecule has 0 atom stereocenters. The Bertz CT molecular complexity index is 645. The first-order valence-electron chi connectivity index (χ1n) is 6.07. The van der Waals surface area contributed by atoms with Gasteiger partial charge in [-0.15, -0.1) is 11.3 Å². The van der Waals surface area contributed by atoms with Crippen molar-refractivity contribution >= 4 is 29.0 Å². The topological polar surface area (TPSA) is 91.5 Å². The van der Waals surface area contributed by atoms with E-state index in [1.165, 1.54) is 24.6 Å². The lowest BCUT2D eigenvalue weighted by Crippen LogP contribution is -2.06. The van der Waals surface area contributed by atoms with Gasteiger partial charge in [-0.1, -0.05) is 0 Å². The Morgan fingerprint density at radius 2 is 2.10 bits per heavy atom. The number of anilines is 1. The maximum atomic E-state index is 11.8. The lowest BCUT2D eigenvalue weighted by molar-refractivity contribution is 0.0472. The van der Waals surface area contributed by atoms with Gasteiger partial charge in [0.2, 0.25) is 0 Å². The van der Waals surface area contributed by atoms with Crippen LogP contribution in [0.25, 0.3) is 0 Å². The Kier molecular flexibility index (Phi) is 4.54. The third-order valence-electron chi connectivity index (χ3n) is 2.75. The molecule has 7 heteroatoms. The minimum atomic E-state index is -0.462. The maximum Gasteiger partial charge on any atom is 0.348 e. The molecule has 110 valence electrons. The van der Waals surface area contributed by atoms with Gasteiger partial charge in [0, 0.05) is 16.8 Å². The van der Waals surface area contributed by atoms with Crippen LogP contribution in [0.5, 0.6) is 0 Å². The van der Waals surface area contributed by atoms with Gasteiger partial charge in [0.05, 0.1) is 18.4 Å². The first kappa shape index (κ1) is 15.0. The van der Waals surface area contributed by atoms with E-state index in [9.17, 15) is 9.59 Å². The summed E-state index contributed by atoms with van der Waals surface area (Å²) in [5.41, 5.74) is 7.15. The molecule has 2 N–H and O–H groups in total. The molecule has 0 bridgehead atoms. The second kappa shape index (κ2) is 6.36. The second-order valence-electron chi connectivity index (χ2n) is 4.23. The summed E-state index contributed by atoms with van der Waals surface area (Å²) in [6.45, 7) is 1.86. The van der Waals surface area contributed by atoms with Gasteiger partial charge in [0.1, 0.15) is 11.5 Å². The summed E-state index contributed by atoms with van der Waals surface area (Å²) in [4.78, 5) is 28.5. The van der Waals surface area contributed by atoms with Crippen molar-refractivity contribution in [2.75, 3.05) is 12.8 Å². The number of carbonyl (C=O) groups excluding carboxylic acids is 2. The van der Waals surface area contributed by atoms with E-state index >= 15 is 0 Å². The number of nitrogens with two attached hydrogens (primary N) is 1. The van der Waals surface area contributed by atoms with Crippen LogP contribution in [-0.2, 0) is 16.1 Å². The molecule has 0 amide bonds. The molecule has 2 aromatic heterocycles. The van der Waals surface area contributed by atoms with Crippen molar-refractivity contribution in [2.24, 2.45) is 0 Å². The van der Waals surface area contributed by atoms with Crippen molar-refractivity contribution in [3.63, 3.8) is 0 Å². The molecule has 21 heavy (non-hydrogen) atoms. The fraction of sp³-hybridized carbons (Fsp3) is 0.214. The highest BCUT2D eigenvalue weighted by atomic mass is 32.1. The molecule has 0 aliphatic heterocycles. The van der Waals surface area contributed by atoms with Gasteiger partial charge >= 0.3 is 11.9 Å². The van der Waals surface area contributed by atoms with Crippen molar-refractivity contribution in [1.82, 2.24) is 4.98 Å². The Hall–Kier alpha value is -2.41. The van der Waals surface area contributed by atoms with Crippen molar-refractivity contribution in [3.8, 4) is 0 Å². The Morgan fingerprint density at radius 3 is 2.62 bits per heavy atom. The number of pyridine rings is 1. The molecule has 0 saturated heterocycles. The zero-order valence-corrected chi connectivity index (χ0v) is 12.4. The van der Waals surface area contributed by atoms with Crippen molar-refractivity contribution in [2.45, 2.75) is 13.5 Å². The molecule has 0 unspecified atom stereocenters. The molecule has 0 spiro atoms. The summed E-state index contributed by atoms with van der Waals surface area (Å²) in [6.07, 6.45) is 1.38. The highest BCUT2D eigenvalue weighted by Crippen LogP contribution is 2.24. The molecule has 0 aliphatic carbocycles. The number of hydrogen-bond acceptors (Lipinski definition) is 7. The SMILES string of the molecule is COC(=O)c1ccc(COC(=O)c2cc(N)c(C)s2)nc1. The highest BCUT2D eigenvalue weighted by Gasteiger charge is 2.13. The van der Waals surface area contributed by atoms with Gasteiger partial charge in [0.25, 0.3) is 0 Å². The fourth-order valence-corrected chi connectivity index (χ4v) is 2.39. The van der Waals surface area contributed by atoms with Crippen LogP contribution in [0.2, 0.25) is 0 Å². The Balaban J connectivity index is 1.96. The van der Waals surface area contributed by atoms with Crippen LogP contribution in [0.4, 0.5) is 5.69 Å². The predicted molar refractivity (Wildman–Crippen MR) is 78.2 cm³/mol. The third kappa shape index (κ3) is 3.57. The lowest BCUT2D eigenvalue weighted by atomic mass is 10.2. The molecule has 2 aromatic rings. The van der Waals surface area contributed by atoms with Crippen molar-refractivity contribution < 1.29 is 19.1 Å². The summed E-state index contributed by atoms with van der Waals surface area (Å²) >= 11 is 1.29. The van der Waals surface area contributed by atoms with Gasteiger partial charge < -0.3 is 15.2 Å². The number of aromatic nitrogens is 1. The highest BCUT2D eigenvalue weighted by molar-refractivity contribution is 7.14. The normalized spacial score (nSPS) is 10.2. The fourth-order valence-electron chi connectivity index (χ4n) is 1.56. The van der Waals surface area contributed by atoms with Crippen LogP contribution in [0, 0.1) is 6.92 Å². The van der Waals surface area contributed by atoms with E-state index in [-0.39, 0.29) is 6.61 Å². The van der Waals surface area contributed by atoms with E-state index in [0.29, 0.717) is 21.8 Å². The van der Waals surface area contributed by atoms with Crippen LogP contribution in [0.1, 0.15) is 30.6 Å². The standard InChI is InChI=1S/C14H14N2O4S/c1-8-11(15)5-12(21-8)14(18)20-7-10-4-3-9(6-16-10)13(17)19-2/h3-6H,7,15H2,1-2H3. The van der Waals surface area contributed by atoms with Gasteiger partial charge in [0.15, 0.2) is 0 Å². The second-order valence-corrected chi connectivity index (χ2v) is 5.48. The molecular formula is C14H14N2O4S. The minimum Gasteiger partial charge on any atom is -0.465 e. The molecular weight excluding hydrogens is 292 g/mol. The minimum absolute atomic E-state index is 0.0249. The van der Waals surface area contributed by atoms with E-state index in [4.69, 9.17) is 10.5 Å². The third-order valence-corrected chi connectivity index (χ3v) is 3.80. The molecule has 0 radical (unpaired) electrons. The number of ether oxygens (including phenoxy) is 2. The first-order valence-corrected chi connectivity index (χ1v) is 6.89. The van der Waals surface area contributed by atoms with E-state index in [2.05, 4.69) is 9.72 Å². The van der Waals surface area contributed by atoms with E-state index < -0.39 is 11.9 Å². The summed E-state index contributed by atoms with van der Waals surface area (Å²) in [5.74, 6) is -0.908. The van der Waals surface area contributed by atoms with Crippen LogP contribution in [0.15, 0.2) is 24.4 Å². The van der Waals surface area contributed by atoms with Gasteiger partial charge in [-0.2, -0.15) is 0 Å². The van der Waals surface area contributed by atoms with Crippen LogP contribution in [-0.4, -0.2) is 24.0 Å². The first-order chi connectivity index (χ1) is 10.0. The van der Waals surface area contributed by atoms with Gasteiger partial charge in [-0.25, -0.2) is 9.59 Å².